The molecule has 0 fully saturated rings. The maximum atomic E-state index is 12.5. The Bertz CT molecular complexity index is 1100. The van der Waals surface area contributed by atoms with Crippen LogP contribution >= 0.6 is 0 Å². The van der Waals surface area contributed by atoms with Gasteiger partial charge in [0.2, 0.25) is 0 Å². The first-order chi connectivity index (χ1) is 14.8. The topological polar surface area (TPSA) is 133 Å². The van der Waals surface area contributed by atoms with Crippen molar-refractivity contribution >= 4 is 27.1 Å². The molecule has 2 atom stereocenters. The smallest absolute Gasteiger partial charge is 0.297 e. The summed E-state index contributed by atoms with van der Waals surface area (Å²) in [7, 11) is -3.98. The predicted octanol–water partition coefficient (Wildman–Crippen LogP) is 2.99. The summed E-state index contributed by atoms with van der Waals surface area (Å²) >= 11 is 0. The zero-order chi connectivity index (χ0) is 22.4. The molecule has 31 heavy (non-hydrogen) atoms. The van der Waals surface area contributed by atoms with E-state index in [1.54, 1.807) is 23.0 Å². The van der Waals surface area contributed by atoms with Gasteiger partial charge in [-0.1, -0.05) is 50.3 Å². The molecule has 0 spiro atoms. The number of hydrogen-bond donors (Lipinski definition) is 2. The highest BCUT2D eigenvalue weighted by Crippen LogP contribution is 2.26. The van der Waals surface area contributed by atoms with Crippen LogP contribution in [-0.2, 0) is 14.3 Å². The van der Waals surface area contributed by atoms with Crippen LogP contribution in [0.15, 0.2) is 41.8 Å². The van der Waals surface area contributed by atoms with Crippen LogP contribution in [0.3, 0.4) is 0 Å². The Hall–Kier alpha value is -2.56. The summed E-state index contributed by atoms with van der Waals surface area (Å²) in [6, 6.07) is 5.91. The Labute approximate surface area is 182 Å². The molecular weight excluding hydrogens is 418 g/mol. The van der Waals surface area contributed by atoms with Crippen LogP contribution in [0.2, 0.25) is 0 Å². The number of nitrogens with two attached hydrogens (primary N) is 1. The lowest BCUT2D eigenvalue weighted by Gasteiger charge is -2.24. The third-order valence-corrected chi connectivity index (χ3v) is 6.54. The van der Waals surface area contributed by atoms with Gasteiger partial charge in [0.25, 0.3) is 10.1 Å². The van der Waals surface area contributed by atoms with Crippen molar-refractivity contribution in [3.05, 3.63) is 42.5 Å². The molecule has 0 bridgehead atoms. The summed E-state index contributed by atoms with van der Waals surface area (Å²) in [6.07, 6.45) is 6.46. The van der Waals surface area contributed by atoms with Gasteiger partial charge >= 0.3 is 0 Å². The van der Waals surface area contributed by atoms with Crippen molar-refractivity contribution in [3.63, 3.8) is 0 Å². The number of fused-ring (bicyclic) bond motifs is 1. The molecule has 0 saturated carbocycles. The monoisotopic (exact) mass is 447 g/mol. The number of aliphatic hydroxyl groups excluding tert-OH is 1. The molecule has 0 aliphatic rings. The average Bonchev–Trinajstić information content (AvgIpc) is 3.18. The molecule has 10 heteroatoms. The van der Waals surface area contributed by atoms with Crippen molar-refractivity contribution in [2.75, 3.05) is 12.3 Å². The highest BCUT2D eigenvalue weighted by atomic mass is 32.2. The van der Waals surface area contributed by atoms with E-state index in [9.17, 15) is 13.5 Å². The van der Waals surface area contributed by atoms with Gasteiger partial charge in [0.1, 0.15) is 11.8 Å². The number of nitrogens with zero attached hydrogens (tertiary/aromatic N) is 4. The minimum absolute atomic E-state index is 0.0541. The minimum atomic E-state index is -3.98. The van der Waals surface area contributed by atoms with E-state index in [2.05, 4.69) is 21.9 Å². The Balaban J connectivity index is 1.79. The lowest BCUT2D eigenvalue weighted by Crippen LogP contribution is -2.30. The van der Waals surface area contributed by atoms with Crippen LogP contribution in [0.1, 0.15) is 50.6 Å². The Morgan fingerprint density at radius 2 is 1.87 bits per heavy atom. The van der Waals surface area contributed by atoms with E-state index < -0.39 is 22.3 Å². The number of anilines is 1. The molecule has 0 unspecified atom stereocenters. The van der Waals surface area contributed by atoms with Gasteiger partial charge in [-0.15, -0.1) is 0 Å². The van der Waals surface area contributed by atoms with E-state index in [0.29, 0.717) is 17.6 Å². The summed E-state index contributed by atoms with van der Waals surface area (Å²) in [5.74, 6) is 0.251. The van der Waals surface area contributed by atoms with E-state index in [1.807, 2.05) is 6.92 Å². The van der Waals surface area contributed by atoms with Gasteiger partial charge in [0, 0.05) is 0 Å². The van der Waals surface area contributed by atoms with Crippen LogP contribution in [0.25, 0.3) is 11.2 Å². The quantitative estimate of drug-likeness (QED) is 0.338. The van der Waals surface area contributed by atoms with Crippen molar-refractivity contribution in [2.24, 2.45) is 0 Å². The fourth-order valence-electron chi connectivity index (χ4n) is 3.45. The second-order valence-electron chi connectivity index (χ2n) is 7.62. The summed E-state index contributed by atoms with van der Waals surface area (Å²) < 4.78 is 32.0. The Morgan fingerprint density at radius 1 is 1.13 bits per heavy atom. The first-order valence-corrected chi connectivity index (χ1v) is 11.8. The number of aryl methyl sites for hydroxylation is 1. The van der Waals surface area contributed by atoms with Crippen molar-refractivity contribution < 1.29 is 17.7 Å². The minimum Gasteiger partial charge on any atom is -0.388 e. The number of unbranched alkanes of at least 4 members (excludes halogenated alkanes) is 3. The molecule has 2 heterocycles. The highest BCUT2D eigenvalue weighted by Gasteiger charge is 2.26. The van der Waals surface area contributed by atoms with E-state index in [1.165, 1.54) is 18.5 Å². The summed E-state index contributed by atoms with van der Waals surface area (Å²) in [6.45, 7) is 3.62. The van der Waals surface area contributed by atoms with Gasteiger partial charge < -0.3 is 15.4 Å². The predicted molar refractivity (Wildman–Crippen MR) is 118 cm³/mol. The zero-order valence-corrected chi connectivity index (χ0v) is 18.6. The molecule has 1 aromatic carbocycles. The van der Waals surface area contributed by atoms with Crippen molar-refractivity contribution in [2.45, 2.75) is 63.0 Å². The van der Waals surface area contributed by atoms with E-state index in [-0.39, 0.29) is 17.3 Å². The van der Waals surface area contributed by atoms with Gasteiger partial charge in [0.15, 0.2) is 11.5 Å². The number of aromatic nitrogens is 4. The second-order valence-corrected chi connectivity index (χ2v) is 9.23. The normalized spacial score (nSPS) is 14.0. The number of benzene rings is 1. The van der Waals surface area contributed by atoms with Crippen LogP contribution in [-0.4, -0.2) is 45.8 Å². The van der Waals surface area contributed by atoms with Crippen LogP contribution in [0.5, 0.6) is 0 Å². The molecular formula is C21H29N5O4S. The lowest BCUT2D eigenvalue weighted by atomic mass is 10.0. The molecule has 3 rings (SSSR count). The van der Waals surface area contributed by atoms with Gasteiger partial charge in [-0.05, 0) is 25.5 Å². The molecule has 2 aromatic heterocycles. The van der Waals surface area contributed by atoms with Gasteiger partial charge in [-0.2, -0.15) is 8.42 Å². The number of imidazole rings is 1. The molecule has 3 aromatic rings. The van der Waals surface area contributed by atoms with Crippen molar-refractivity contribution in [1.82, 2.24) is 19.5 Å². The number of rotatable bonds is 11. The SMILES string of the molecule is CCCCCC[C@H]([C@H](O)COS(=O)(=O)c1ccc(C)cc1)n1cnc2c(N)ncnc21. The van der Waals surface area contributed by atoms with E-state index >= 15 is 0 Å². The van der Waals surface area contributed by atoms with Crippen LogP contribution < -0.4 is 5.73 Å². The first-order valence-electron chi connectivity index (χ1n) is 10.4. The molecule has 0 saturated heterocycles. The maximum Gasteiger partial charge on any atom is 0.297 e. The molecule has 0 aliphatic heterocycles. The summed E-state index contributed by atoms with van der Waals surface area (Å²) in [5.41, 5.74) is 7.77. The number of aliphatic hydroxyl groups is 1. The molecule has 3 N–H and O–H groups in total. The number of nitrogen functional groups attached to an aromatic ring is 1. The highest BCUT2D eigenvalue weighted by molar-refractivity contribution is 7.86. The van der Waals surface area contributed by atoms with Crippen molar-refractivity contribution in [3.8, 4) is 0 Å². The lowest BCUT2D eigenvalue weighted by molar-refractivity contribution is 0.0603. The molecule has 0 radical (unpaired) electrons. The molecule has 9 nitrogen and oxygen atoms in total. The molecule has 0 aliphatic carbocycles. The standard InChI is InChI=1S/C21H29N5O4S/c1-3-4-5-6-7-17(26-14-25-19-20(22)23-13-24-21(19)26)18(27)12-30-31(28,29)16-10-8-15(2)9-11-16/h8-11,13-14,17-18,27H,3-7,12H2,1-2H3,(H2,22,23,24)/t17-,18-/m1/s1. The summed E-state index contributed by atoms with van der Waals surface area (Å²) in [4.78, 5) is 12.5. The van der Waals surface area contributed by atoms with E-state index in [0.717, 1.165) is 31.2 Å². The molecule has 0 amide bonds. The first kappa shape index (κ1) is 23.1. The Kier molecular flexibility index (Phi) is 7.58. The summed E-state index contributed by atoms with van der Waals surface area (Å²) in [5, 5.41) is 10.9. The fraction of sp³-hybridized carbons (Fsp3) is 0.476. The van der Waals surface area contributed by atoms with Gasteiger partial charge in [-0.25, -0.2) is 15.0 Å². The van der Waals surface area contributed by atoms with Gasteiger partial charge in [0.05, 0.1) is 30.0 Å². The fourth-order valence-corrected chi connectivity index (χ4v) is 4.38. The average molecular weight is 448 g/mol. The zero-order valence-electron chi connectivity index (χ0n) is 17.8. The van der Waals surface area contributed by atoms with Gasteiger partial charge in [-0.3, -0.25) is 4.18 Å². The van der Waals surface area contributed by atoms with Crippen molar-refractivity contribution in [1.29, 1.82) is 0 Å². The van der Waals surface area contributed by atoms with E-state index in [4.69, 9.17) is 9.92 Å². The maximum absolute atomic E-state index is 12.5. The molecule has 168 valence electrons. The third-order valence-electron chi connectivity index (χ3n) is 5.25. The van der Waals surface area contributed by atoms with Crippen LogP contribution in [0.4, 0.5) is 5.82 Å². The third kappa shape index (κ3) is 5.57. The van der Waals surface area contributed by atoms with Crippen LogP contribution in [0, 0.1) is 6.92 Å². The Morgan fingerprint density at radius 3 is 2.58 bits per heavy atom. The second kappa shape index (κ2) is 10.2. The number of hydrogen-bond acceptors (Lipinski definition) is 8. The largest absolute Gasteiger partial charge is 0.388 e.